The second-order valence-corrected chi connectivity index (χ2v) is 4.73. The van der Waals surface area contributed by atoms with Gasteiger partial charge in [0.25, 0.3) is 0 Å². The van der Waals surface area contributed by atoms with Crippen molar-refractivity contribution in [3.63, 3.8) is 0 Å². The second-order valence-electron chi connectivity index (χ2n) is 3.64. The molecule has 6 heteroatoms. The molecule has 19 heavy (non-hydrogen) atoms. The summed E-state index contributed by atoms with van der Waals surface area (Å²) in [6, 6.07) is 4.69. The summed E-state index contributed by atoms with van der Waals surface area (Å²) >= 11 is 1.06. The summed E-state index contributed by atoms with van der Waals surface area (Å²) in [5, 5.41) is 0.354. The van der Waals surface area contributed by atoms with Gasteiger partial charge in [-0.2, -0.15) is 13.2 Å². The molecule has 0 bridgehead atoms. The van der Waals surface area contributed by atoms with Crippen LogP contribution in [0.4, 0.5) is 13.2 Å². The lowest BCUT2D eigenvalue weighted by molar-refractivity contribution is -0.137. The Kier molecular flexibility index (Phi) is 3.49. The van der Waals surface area contributed by atoms with E-state index >= 15 is 0 Å². The number of hydrogen-bond acceptors (Lipinski definition) is 3. The van der Waals surface area contributed by atoms with Gasteiger partial charge in [-0.25, -0.2) is 4.79 Å². The number of carbonyl (C=O) groups excluding carboxylic acids is 1. The van der Waals surface area contributed by atoms with Gasteiger partial charge in [-0.15, -0.1) is 17.8 Å². The lowest BCUT2D eigenvalue weighted by Gasteiger charge is -2.05. The van der Waals surface area contributed by atoms with Gasteiger partial charge >= 0.3 is 12.1 Å². The van der Waals surface area contributed by atoms with E-state index in [1.54, 1.807) is 0 Å². The molecule has 0 radical (unpaired) electrons. The van der Waals surface area contributed by atoms with Gasteiger partial charge in [0, 0.05) is 4.70 Å². The van der Waals surface area contributed by atoms with E-state index in [9.17, 15) is 18.0 Å². The molecule has 0 aliphatic carbocycles. The Balaban J connectivity index is 2.36. The normalized spacial score (nSPS) is 11.3. The van der Waals surface area contributed by atoms with Crippen LogP contribution in [-0.4, -0.2) is 12.6 Å². The van der Waals surface area contributed by atoms with Crippen molar-refractivity contribution in [1.82, 2.24) is 0 Å². The van der Waals surface area contributed by atoms with Crippen molar-refractivity contribution in [1.29, 1.82) is 0 Å². The van der Waals surface area contributed by atoms with Crippen molar-refractivity contribution in [2.24, 2.45) is 0 Å². The Labute approximate surface area is 110 Å². The second kappa shape index (κ2) is 4.94. The van der Waals surface area contributed by atoms with Gasteiger partial charge < -0.3 is 4.74 Å². The number of thiophene rings is 1. The summed E-state index contributed by atoms with van der Waals surface area (Å²) < 4.78 is 42.9. The molecule has 0 spiro atoms. The monoisotopic (exact) mass is 284 g/mol. The predicted molar refractivity (Wildman–Crippen MR) is 65.9 cm³/mol. The average Bonchev–Trinajstić information content (AvgIpc) is 2.77. The molecule has 2 aromatic rings. The molecule has 1 aromatic carbocycles. The van der Waals surface area contributed by atoms with Crippen molar-refractivity contribution in [2.45, 2.75) is 6.18 Å². The van der Waals surface area contributed by atoms with Crippen LogP contribution < -0.4 is 0 Å². The minimum Gasteiger partial charge on any atom is -0.448 e. The molecule has 98 valence electrons. The minimum atomic E-state index is -4.40. The average molecular weight is 284 g/mol. The highest BCUT2D eigenvalue weighted by Gasteiger charge is 2.30. The summed E-state index contributed by atoms with van der Waals surface area (Å²) in [6.07, 6.45) is 0.546. The van der Waals surface area contributed by atoms with Crippen LogP contribution in [0.25, 0.3) is 10.1 Å². The summed E-state index contributed by atoms with van der Waals surface area (Å²) in [5.74, 6) is 1.51. The molecule has 0 aliphatic rings. The van der Waals surface area contributed by atoms with E-state index < -0.39 is 17.7 Å². The van der Waals surface area contributed by atoms with E-state index in [2.05, 4.69) is 5.92 Å². The quantitative estimate of drug-likeness (QED) is 0.620. The highest BCUT2D eigenvalue weighted by molar-refractivity contribution is 7.20. The van der Waals surface area contributed by atoms with Gasteiger partial charge in [0.2, 0.25) is 0 Å². The summed E-state index contributed by atoms with van der Waals surface area (Å²) in [5.41, 5.74) is -0.749. The third-order valence-electron chi connectivity index (χ3n) is 2.33. The van der Waals surface area contributed by atoms with Crippen LogP contribution in [0.15, 0.2) is 24.3 Å². The van der Waals surface area contributed by atoms with E-state index in [-0.39, 0.29) is 11.5 Å². The number of halogens is 3. The van der Waals surface area contributed by atoms with Crippen LogP contribution in [0, 0.1) is 12.3 Å². The molecule has 1 aromatic heterocycles. The first-order valence-corrected chi connectivity index (χ1v) is 5.95. The predicted octanol–water partition coefficient (Wildman–Crippen LogP) is 3.71. The Morgan fingerprint density at radius 1 is 1.37 bits per heavy atom. The number of fused-ring (bicyclic) bond motifs is 1. The molecule has 0 atom stereocenters. The Bertz CT molecular complexity index is 665. The number of carbonyl (C=O) groups is 1. The highest BCUT2D eigenvalue weighted by Crippen LogP contribution is 2.34. The SMILES string of the molecule is C#CCOC(=O)c1cc2cc(C(F)(F)F)ccc2s1. The fraction of sp³-hybridized carbons (Fsp3) is 0.154. The number of rotatable bonds is 2. The molecular formula is C13H7F3O2S. The third-order valence-corrected chi connectivity index (χ3v) is 3.43. The third kappa shape index (κ3) is 2.88. The van der Waals surface area contributed by atoms with Gasteiger partial charge in [0.05, 0.1) is 5.56 Å². The van der Waals surface area contributed by atoms with Crippen molar-refractivity contribution < 1.29 is 22.7 Å². The molecule has 2 rings (SSSR count). The zero-order chi connectivity index (χ0) is 14.0. The molecule has 1 heterocycles. The maximum Gasteiger partial charge on any atom is 0.416 e. The number of hydrogen-bond donors (Lipinski definition) is 0. The maximum atomic E-state index is 12.5. The number of terminal acetylenes is 1. The lowest BCUT2D eigenvalue weighted by Crippen LogP contribution is -2.03. The molecule has 0 unspecified atom stereocenters. The Hall–Kier alpha value is -2.00. The van der Waals surface area contributed by atoms with Gasteiger partial charge in [-0.1, -0.05) is 5.92 Å². The molecule has 0 fully saturated rings. The first-order valence-electron chi connectivity index (χ1n) is 5.13. The smallest absolute Gasteiger partial charge is 0.416 e. The zero-order valence-electron chi connectivity index (χ0n) is 9.45. The molecule has 0 amide bonds. The molecule has 0 aliphatic heterocycles. The van der Waals surface area contributed by atoms with Crippen molar-refractivity contribution >= 4 is 27.4 Å². The van der Waals surface area contributed by atoms with Crippen molar-refractivity contribution in [3.05, 3.63) is 34.7 Å². The van der Waals surface area contributed by atoms with Crippen LogP contribution in [0.5, 0.6) is 0 Å². The van der Waals surface area contributed by atoms with Crippen LogP contribution in [0.1, 0.15) is 15.2 Å². The minimum absolute atomic E-state index is 0.166. The largest absolute Gasteiger partial charge is 0.448 e. The summed E-state index contributed by atoms with van der Waals surface area (Å²) in [7, 11) is 0. The first kappa shape index (κ1) is 13.4. The summed E-state index contributed by atoms with van der Waals surface area (Å²) in [4.78, 5) is 11.8. The number of alkyl halides is 3. The van der Waals surface area contributed by atoms with Crippen LogP contribution in [0.3, 0.4) is 0 Å². The molecule has 0 N–H and O–H groups in total. The van der Waals surface area contributed by atoms with Gasteiger partial charge in [0.1, 0.15) is 4.88 Å². The number of ether oxygens (including phenoxy) is 1. The van der Waals surface area contributed by atoms with E-state index in [1.165, 1.54) is 12.1 Å². The summed E-state index contributed by atoms with van der Waals surface area (Å²) in [6.45, 7) is -0.166. The van der Waals surface area contributed by atoms with E-state index in [0.717, 1.165) is 23.5 Å². The number of esters is 1. The lowest BCUT2D eigenvalue weighted by atomic mass is 10.1. The van der Waals surface area contributed by atoms with Gasteiger partial charge in [0.15, 0.2) is 6.61 Å². The number of benzene rings is 1. The van der Waals surface area contributed by atoms with Crippen molar-refractivity contribution in [3.8, 4) is 12.3 Å². The van der Waals surface area contributed by atoms with Crippen LogP contribution in [-0.2, 0) is 10.9 Å². The standard InChI is InChI=1S/C13H7F3O2S/c1-2-5-18-12(17)11-7-8-6-9(13(14,15)16)3-4-10(8)19-11/h1,3-4,6-7H,5H2. The van der Waals surface area contributed by atoms with E-state index in [0.29, 0.717) is 10.1 Å². The molecule has 0 saturated heterocycles. The Morgan fingerprint density at radius 2 is 2.11 bits per heavy atom. The Morgan fingerprint density at radius 3 is 2.74 bits per heavy atom. The van der Waals surface area contributed by atoms with Crippen molar-refractivity contribution in [2.75, 3.05) is 6.61 Å². The maximum absolute atomic E-state index is 12.5. The zero-order valence-corrected chi connectivity index (χ0v) is 10.3. The van der Waals surface area contributed by atoms with Crippen LogP contribution in [0.2, 0.25) is 0 Å². The van der Waals surface area contributed by atoms with Crippen LogP contribution >= 0.6 is 11.3 Å². The molecular weight excluding hydrogens is 277 g/mol. The fourth-order valence-corrected chi connectivity index (χ4v) is 2.44. The molecule has 2 nitrogen and oxygen atoms in total. The van der Waals surface area contributed by atoms with Gasteiger partial charge in [-0.05, 0) is 29.7 Å². The van der Waals surface area contributed by atoms with Gasteiger partial charge in [-0.3, -0.25) is 0 Å². The van der Waals surface area contributed by atoms with E-state index in [4.69, 9.17) is 11.2 Å². The highest BCUT2D eigenvalue weighted by atomic mass is 32.1. The first-order chi connectivity index (χ1) is 8.91. The van der Waals surface area contributed by atoms with E-state index in [1.807, 2.05) is 0 Å². The topological polar surface area (TPSA) is 26.3 Å². The molecule has 0 saturated carbocycles. The fourth-order valence-electron chi connectivity index (χ4n) is 1.50.